The number of hydrogen-bond acceptors (Lipinski definition) is 7. The van der Waals surface area contributed by atoms with Crippen LogP contribution in [-0.2, 0) is 28.7 Å². The number of carbonyl (C=O) groups excluding carboxylic acids is 4. The number of anilines is 1. The minimum atomic E-state index is -1.54. The van der Waals surface area contributed by atoms with Crippen LogP contribution in [0, 0.1) is 17.8 Å². The number of likely N-dealkylation sites (tertiary alicyclic amines) is 1. The Morgan fingerprint density at radius 1 is 1.02 bits per heavy atom. The van der Waals surface area contributed by atoms with Crippen molar-refractivity contribution in [1.82, 2.24) is 9.80 Å². The van der Waals surface area contributed by atoms with E-state index in [2.05, 4.69) is 15.9 Å². The molecular weight excluding hydrogens is 726 g/mol. The number of esters is 1. The second-order valence-corrected chi connectivity index (χ2v) is 15.0. The van der Waals surface area contributed by atoms with Crippen LogP contribution in [0.2, 0.25) is 5.02 Å². The number of aliphatic hydroxyl groups excluding tert-OH is 1. The quantitative estimate of drug-likeness (QED) is 0.308. The number of likely N-dealkylation sites (N-methyl/N-ethyl adjacent to an activating group) is 1. The Kier molecular flexibility index (Phi) is 10.6. The van der Waals surface area contributed by atoms with Gasteiger partial charge in [0.1, 0.15) is 29.8 Å². The minimum Gasteiger partial charge on any atom is -0.455 e. The summed E-state index contributed by atoms with van der Waals surface area (Å²) in [5.74, 6) is -4.15. The van der Waals surface area contributed by atoms with Crippen LogP contribution in [0.1, 0.15) is 51.7 Å². The molecule has 2 fully saturated rings. The summed E-state index contributed by atoms with van der Waals surface area (Å²) in [4.78, 5) is 62.6. The van der Waals surface area contributed by atoms with Gasteiger partial charge in [0.25, 0.3) is 5.91 Å². The van der Waals surface area contributed by atoms with E-state index >= 15 is 4.79 Å². The zero-order chi connectivity index (χ0) is 35.9. The summed E-state index contributed by atoms with van der Waals surface area (Å²) < 4.78 is 13.6. The first-order valence-corrected chi connectivity index (χ1v) is 18.3. The van der Waals surface area contributed by atoms with Gasteiger partial charge in [-0.15, -0.1) is 0 Å². The van der Waals surface area contributed by atoms with E-state index in [1.165, 1.54) is 9.80 Å². The topological polar surface area (TPSA) is 117 Å². The maximum atomic E-state index is 15.2. The number of ether oxygens (including phenoxy) is 2. The molecule has 266 valence electrons. The molecular formula is C38H43BrClN3O7. The molecule has 1 N–H and O–H groups in total. The number of carbonyl (C=O) groups is 4. The molecule has 9 atom stereocenters. The van der Waals surface area contributed by atoms with Gasteiger partial charge in [-0.2, -0.15) is 0 Å². The van der Waals surface area contributed by atoms with Crippen LogP contribution in [0.15, 0.2) is 77.3 Å². The summed E-state index contributed by atoms with van der Waals surface area (Å²) in [5.41, 5.74) is -0.417. The van der Waals surface area contributed by atoms with Crippen molar-refractivity contribution in [3.8, 4) is 0 Å². The number of nitrogens with zero attached hydrogens (tertiary/aromatic N) is 3. The summed E-state index contributed by atoms with van der Waals surface area (Å²) in [6.45, 7) is 5.41. The third-order valence-corrected chi connectivity index (χ3v) is 11.9. The maximum Gasteiger partial charge on any atom is 0.313 e. The van der Waals surface area contributed by atoms with E-state index in [9.17, 15) is 19.5 Å². The van der Waals surface area contributed by atoms with Crippen molar-refractivity contribution < 1.29 is 33.8 Å². The molecule has 3 amide bonds. The van der Waals surface area contributed by atoms with Gasteiger partial charge in [-0.25, -0.2) is 0 Å². The van der Waals surface area contributed by atoms with Crippen LogP contribution in [0.4, 0.5) is 5.69 Å². The molecule has 5 bridgehead atoms. The summed E-state index contributed by atoms with van der Waals surface area (Å²) in [7, 11) is 1.69. The van der Waals surface area contributed by atoms with Gasteiger partial charge in [-0.1, -0.05) is 102 Å². The normalized spacial score (nSPS) is 32.1. The highest BCUT2D eigenvalue weighted by molar-refractivity contribution is 9.11. The predicted molar refractivity (Wildman–Crippen MR) is 192 cm³/mol. The molecule has 6 rings (SSSR count). The zero-order valence-corrected chi connectivity index (χ0v) is 30.9. The lowest BCUT2D eigenvalue weighted by Gasteiger charge is -2.40. The molecule has 2 saturated heterocycles. The van der Waals surface area contributed by atoms with Crippen molar-refractivity contribution in [3.63, 3.8) is 0 Å². The smallest absolute Gasteiger partial charge is 0.313 e. The number of fused-ring (bicyclic) bond motifs is 2. The van der Waals surface area contributed by atoms with Crippen LogP contribution >= 0.6 is 27.5 Å². The van der Waals surface area contributed by atoms with Gasteiger partial charge in [0.05, 0.1) is 35.3 Å². The average molecular weight is 769 g/mol. The third-order valence-electron chi connectivity index (χ3n) is 10.9. The molecule has 2 aromatic carbocycles. The number of benzene rings is 2. The second-order valence-electron chi connectivity index (χ2n) is 13.6. The molecule has 12 heteroatoms. The van der Waals surface area contributed by atoms with E-state index in [0.29, 0.717) is 33.6 Å². The van der Waals surface area contributed by atoms with Gasteiger partial charge in [-0.3, -0.25) is 19.2 Å². The minimum absolute atomic E-state index is 0.0886. The number of halogens is 2. The van der Waals surface area contributed by atoms with Crippen LogP contribution in [0.3, 0.4) is 0 Å². The lowest BCUT2D eigenvalue weighted by Crippen LogP contribution is -2.59. The van der Waals surface area contributed by atoms with Gasteiger partial charge in [0.15, 0.2) is 0 Å². The molecule has 4 aliphatic rings. The lowest BCUT2D eigenvalue weighted by molar-refractivity contribution is -0.164. The van der Waals surface area contributed by atoms with Crippen molar-refractivity contribution in [2.75, 3.05) is 25.1 Å². The fraction of sp³-hybridized carbons (Fsp3) is 0.474. The highest BCUT2D eigenvalue weighted by Gasteiger charge is 2.75. The fourth-order valence-electron chi connectivity index (χ4n) is 7.91. The number of rotatable bonds is 6. The molecule has 0 aromatic heterocycles. The van der Waals surface area contributed by atoms with Crippen molar-refractivity contribution in [3.05, 3.63) is 87.9 Å². The zero-order valence-electron chi connectivity index (χ0n) is 28.6. The Bertz CT molecular complexity index is 1700. The summed E-state index contributed by atoms with van der Waals surface area (Å²) in [6, 6.07) is 13.6. The standard InChI is InChI=1S/C38H43BrClN3O7/c1-5-22(2)28(21-44)43-34-36(47)42(27-17-12-11-16-26(27)40)19-13-7-10-18-29(45)41(4)23(3)32(24-14-8-6-9-15-24)49-37(48)30-31(35(43)46)38(34)20-25(39)33(30)50-38/h6-9,11-17,20,22-23,28,30-34,44H,5,10,18-19,21H2,1-4H3/b13-7-/t22-,23-,28-,30+,31-,32+,33+,34+,38-/m0/s1. The Balaban J connectivity index is 1.53. The molecule has 1 spiro atoms. The lowest BCUT2D eigenvalue weighted by atomic mass is 9.74. The molecule has 0 unspecified atom stereocenters. The largest absolute Gasteiger partial charge is 0.455 e. The number of para-hydroxylation sites is 1. The highest BCUT2D eigenvalue weighted by Crippen LogP contribution is 2.60. The molecule has 10 nitrogen and oxygen atoms in total. The third kappa shape index (κ3) is 6.10. The molecule has 2 aromatic rings. The Labute approximate surface area is 306 Å². The number of aliphatic hydroxyl groups is 1. The van der Waals surface area contributed by atoms with Crippen molar-refractivity contribution in [2.45, 2.75) is 76.0 Å². The number of cyclic esters (lactones) is 1. The number of allylic oxidation sites excluding steroid dienone is 1. The molecule has 0 saturated carbocycles. The van der Waals surface area contributed by atoms with Crippen molar-refractivity contribution in [2.24, 2.45) is 17.8 Å². The first kappa shape index (κ1) is 36.3. The van der Waals surface area contributed by atoms with Crippen LogP contribution in [0.5, 0.6) is 0 Å². The first-order chi connectivity index (χ1) is 24.0. The van der Waals surface area contributed by atoms with Crippen LogP contribution in [-0.4, -0.2) is 88.6 Å². The number of hydrogen-bond donors (Lipinski definition) is 1. The highest BCUT2D eigenvalue weighted by atomic mass is 79.9. The van der Waals surface area contributed by atoms with Crippen molar-refractivity contribution >= 4 is 56.9 Å². The van der Waals surface area contributed by atoms with E-state index in [1.807, 2.05) is 63.3 Å². The monoisotopic (exact) mass is 767 g/mol. The van der Waals surface area contributed by atoms with E-state index in [-0.39, 0.29) is 24.8 Å². The first-order valence-electron chi connectivity index (χ1n) is 17.2. The Morgan fingerprint density at radius 3 is 2.40 bits per heavy atom. The predicted octanol–water partition coefficient (Wildman–Crippen LogP) is 5.43. The van der Waals surface area contributed by atoms with Gasteiger partial charge in [-0.05, 0) is 43.0 Å². The molecule has 0 aliphatic carbocycles. The van der Waals surface area contributed by atoms with E-state index in [1.54, 1.807) is 42.3 Å². The SMILES string of the molecule is CC[C@H](C)[C@H](CO)N1C(=O)[C@@H]2[C@H]3C(=O)O[C@@H](c4ccccc4)[C@H](C)N(C)C(=O)CC/C=C\CN(c4ccccc4Cl)C(=O)[C@@H]1[C@]21C=C(Br)[C@H]3O1. The Morgan fingerprint density at radius 2 is 1.72 bits per heavy atom. The maximum absolute atomic E-state index is 15.2. The second kappa shape index (κ2) is 14.6. The number of amides is 3. The van der Waals surface area contributed by atoms with Crippen molar-refractivity contribution in [1.29, 1.82) is 0 Å². The van der Waals surface area contributed by atoms with Crippen LogP contribution in [0.25, 0.3) is 0 Å². The summed E-state index contributed by atoms with van der Waals surface area (Å²) in [5, 5.41) is 11.1. The van der Waals surface area contributed by atoms with E-state index < -0.39 is 72.2 Å². The van der Waals surface area contributed by atoms with Gasteiger partial charge in [0, 0.05) is 24.5 Å². The average Bonchev–Trinajstić information content (AvgIpc) is 3.71. The molecule has 4 aliphatic heterocycles. The van der Waals surface area contributed by atoms with Crippen LogP contribution < -0.4 is 4.90 Å². The molecule has 4 heterocycles. The molecule has 0 radical (unpaired) electrons. The van der Waals surface area contributed by atoms with Gasteiger partial charge in [0.2, 0.25) is 11.8 Å². The van der Waals surface area contributed by atoms with E-state index in [4.69, 9.17) is 21.1 Å². The van der Waals surface area contributed by atoms with E-state index in [0.717, 1.165) is 0 Å². The molecule has 50 heavy (non-hydrogen) atoms. The fourth-order valence-corrected chi connectivity index (χ4v) is 8.88. The summed E-state index contributed by atoms with van der Waals surface area (Å²) in [6.07, 6.45) is 4.89. The Hall–Kier alpha value is -3.51. The van der Waals surface area contributed by atoms with Gasteiger partial charge < -0.3 is 29.3 Å². The summed E-state index contributed by atoms with van der Waals surface area (Å²) >= 11 is 10.3. The van der Waals surface area contributed by atoms with Gasteiger partial charge >= 0.3 is 5.97 Å².